The van der Waals surface area contributed by atoms with Gasteiger partial charge in [0.05, 0.1) is 12.0 Å². The summed E-state index contributed by atoms with van der Waals surface area (Å²) >= 11 is 3.56. The standard InChI is InChI=1S/C25H28BrN3O5S/c1-17-3-7-20(8-4-17)29-25(30)16-34-24-14-22(26)19(13-23(24)33-2)15-28-12-11-18-5-9-21(10-6-18)35(27,31)32/h3-10,13-14,28H,11-12,15-16H2,1-2H3,(H,29,30)(H2,27,31,32). The van der Waals surface area contributed by atoms with Gasteiger partial charge in [0.15, 0.2) is 18.1 Å². The van der Waals surface area contributed by atoms with Gasteiger partial charge < -0.3 is 20.1 Å². The minimum Gasteiger partial charge on any atom is -0.493 e. The number of aryl methyl sites for hydroxylation is 1. The van der Waals surface area contributed by atoms with E-state index in [0.717, 1.165) is 27.6 Å². The summed E-state index contributed by atoms with van der Waals surface area (Å²) in [6.07, 6.45) is 0.719. The normalized spacial score (nSPS) is 11.2. The molecule has 0 aliphatic carbocycles. The average molecular weight is 562 g/mol. The van der Waals surface area contributed by atoms with E-state index in [9.17, 15) is 13.2 Å². The predicted octanol–water partition coefficient (Wildman–Crippen LogP) is 3.76. The Balaban J connectivity index is 1.52. The highest BCUT2D eigenvalue weighted by molar-refractivity contribution is 9.10. The molecule has 0 aliphatic rings. The molecule has 1 amide bonds. The number of anilines is 1. The van der Waals surface area contributed by atoms with E-state index in [1.54, 1.807) is 25.3 Å². The third-order valence-corrected chi connectivity index (χ3v) is 6.85. The van der Waals surface area contributed by atoms with E-state index >= 15 is 0 Å². The monoisotopic (exact) mass is 561 g/mol. The minimum atomic E-state index is -3.69. The molecule has 0 spiro atoms. The summed E-state index contributed by atoms with van der Waals surface area (Å²) in [4.78, 5) is 12.3. The minimum absolute atomic E-state index is 0.0974. The number of rotatable bonds is 11. The molecule has 0 radical (unpaired) electrons. The van der Waals surface area contributed by atoms with Gasteiger partial charge in [-0.2, -0.15) is 0 Å². The number of hydrogen-bond donors (Lipinski definition) is 3. The van der Waals surface area contributed by atoms with Gasteiger partial charge in [-0.05, 0) is 67.4 Å². The summed E-state index contributed by atoms with van der Waals surface area (Å²) in [5, 5.41) is 11.3. The number of methoxy groups -OCH3 is 1. The predicted molar refractivity (Wildman–Crippen MR) is 139 cm³/mol. The largest absolute Gasteiger partial charge is 0.493 e. The number of amides is 1. The van der Waals surface area contributed by atoms with Gasteiger partial charge in [-0.1, -0.05) is 45.8 Å². The molecule has 0 heterocycles. The number of benzene rings is 3. The van der Waals surface area contributed by atoms with Gasteiger partial charge >= 0.3 is 0 Å². The number of carbonyl (C=O) groups excluding carboxylic acids is 1. The number of ether oxygens (including phenoxy) is 2. The zero-order valence-corrected chi connectivity index (χ0v) is 21.9. The SMILES string of the molecule is COc1cc(CNCCc2ccc(S(N)(=O)=O)cc2)c(Br)cc1OCC(=O)Nc1ccc(C)cc1. The molecule has 35 heavy (non-hydrogen) atoms. The van der Waals surface area contributed by atoms with Crippen molar-refractivity contribution in [3.63, 3.8) is 0 Å². The number of carbonyl (C=O) groups is 1. The summed E-state index contributed by atoms with van der Waals surface area (Å²) in [6, 6.07) is 17.7. The zero-order valence-electron chi connectivity index (χ0n) is 19.5. The molecular weight excluding hydrogens is 534 g/mol. The van der Waals surface area contributed by atoms with Crippen molar-refractivity contribution in [2.75, 3.05) is 25.6 Å². The van der Waals surface area contributed by atoms with Crippen LogP contribution in [0.3, 0.4) is 0 Å². The molecule has 3 aromatic rings. The van der Waals surface area contributed by atoms with Crippen LogP contribution in [0.25, 0.3) is 0 Å². The highest BCUT2D eigenvalue weighted by Crippen LogP contribution is 2.33. The lowest BCUT2D eigenvalue weighted by Crippen LogP contribution is -2.20. The number of nitrogens with two attached hydrogens (primary N) is 1. The lowest BCUT2D eigenvalue weighted by atomic mass is 10.1. The molecule has 0 fully saturated rings. The molecule has 0 bridgehead atoms. The van der Waals surface area contributed by atoms with Crippen LogP contribution in [-0.4, -0.2) is 34.6 Å². The first-order chi connectivity index (χ1) is 16.7. The molecule has 3 aromatic carbocycles. The van der Waals surface area contributed by atoms with Crippen molar-refractivity contribution in [3.05, 3.63) is 81.8 Å². The van der Waals surface area contributed by atoms with Gasteiger partial charge in [-0.3, -0.25) is 4.79 Å². The van der Waals surface area contributed by atoms with Gasteiger partial charge in [-0.25, -0.2) is 13.6 Å². The maximum absolute atomic E-state index is 12.2. The summed E-state index contributed by atoms with van der Waals surface area (Å²) in [6.45, 7) is 3.08. The third-order valence-electron chi connectivity index (χ3n) is 5.18. The van der Waals surface area contributed by atoms with Crippen LogP contribution in [0.15, 0.2) is 70.0 Å². The first-order valence-corrected chi connectivity index (χ1v) is 13.2. The topological polar surface area (TPSA) is 120 Å². The number of primary sulfonamides is 1. The Bertz CT molecular complexity index is 1260. The molecule has 0 saturated heterocycles. The summed E-state index contributed by atoms with van der Waals surface area (Å²) < 4.78 is 34.7. The Morgan fingerprint density at radius 3 is 2.34 bits per heavy atom. The Kier molecular flexibility index (Phi) is 9.27. The van der Waals surface area contributed by atoms with Crippen LogP contribution in [0.5, 0.6) is 11.5 Å². The quantitative estimate of drug-likeness (QED) is 0.306. The maximum Gasteiger partial charge on any atom is 0.262 e. The lowest BCUT2D eigenvalue weighted by molar-refractivity contribution is -0.118. The van der Waals surface area contributed by atoms with E-state index < -0.39 is 10.0 Å². The fourth-order valence-electron chi connectivity index (χ4n) is 3.26. The maximum atomic E-state index is 12.2. The number of hydrogen-bond acceptors (Lipinski definition) is 6. The van der Waals surface area contributed by atoms with Crippen molar-refractivity contribution >= 4 is 37.5 Å². The Morgan fingerprint density at radius 2 is 1.71 bits per heavy atom. The van der Waals surface area contributed by atoms with Crippen molar-refractivity contribution < 1.29 is 22.7 Å². The van der Waals surface area contributed by atoms with Gasteiger partial charge in [0.1, 0.15) is 0 Å². The lowest BCUT2D eigenvalue weighted by Gasteiger charge is -2.14. The number of halogens is 1. The molecule has 3 rings (SSSR count). The summed E-state index contributed by atoms with van der Waals surface area (Å²) in [7, 11) is -2.14. The van der Waals surface area contributed by atoms with Crippen LogP contribution in [0, 0.1) is 6.92 Å². The molecule has 0 saturated carbocycles. The molecule has 8 nitrogen and oxygen atoms in total. The smallest absolute Gasteiger partial charge is 0.262 e. The Labute approximate surface area is 214 Å². The zero-order chi connectivity index (χ0) is 25.4. The van der Waals surface area contributed by atoms with Crippen LogP contribution >= 0.6 is 15.9 Å². The molecule has 0 aromatic heterocycles. The van der Waals surface area contributed by atoms with Crippen molar-refractivity contribution in [2.45, 2.75) is 24.8 Å². The second-order valence-electron chi connectivity index (χ2n) is 7.91. The van der Waals surface area contributed by atoms with Crippen LogP contribution in [-0.2, 0) is 27.8 Å². The molecular formula is C25H28BrN3O5S. The first kappa shape index (κ1) is 26.7. The molecule has 186 valence electrons. The summed E-state index contributed by atoms with van der Waals surface area (Å²) in [5.41, 5.74) is 3.78. The molecule has 0 aliphatic heterocycles. The number of nitrogens with one attached hydrogen (secondary N) is 2. The van der Waals surface area contributed by atoms with Gasteiger partial charge in [-0.15, -0.1) is 0 Å². The van der Waals surface area contributed by atoms with Crippen LogP contribution in [0.1, 0.15) is 16.7 Å². The third kappa shape index (κ3) is 8.07. The molecule has 4 N–H and O–H groups in total. The summed E-state index contributed by atoms with van der Waals surface area (Å²) in [5.74, 6) is 0.707. The highest BCUT2D eigenvalue weighted by Gasteiger charge is 2.13. The van der Waals surface area contributed by atoms with Crippen LogP contribution in [0.4, 0.5) is 5.69 Å². The van der Waals surface area contributed by atoms with E-state index in [1.807, 2.05) is 37.3 Å². The van der Waals surface area contributed by atoms with Crippen LogP contribution in [0.2, 0.25) is 0 Å². The van der Waals surface area contributed by atoms with Crippen molar-refractivity contribution in [3.8, 4) is 11.5 Å². The molecule has 10 heteroatoms. The second-order valence-corrected chi connectivity index (χ2v) is 10.3. The van der Waals surface area contributed by atoms with Crippen molar-refractivity contribution in [2.24, 2.45) is 5.14 Å². The van der Waals surface area contributed by atoms with E-state index in [4.69, 9.17) is 14.6 Å². The van der Waals surface area contributed by atoms with E-state index in [0.29, 0.717) is 30.3 Å². The Hall–Kier alpha value is -2.92. The van der Waals surface area contributed by atoms with Crippen molar-refractivity contribution in [1.29, 1.82) is 0 Å². The average Bonchev–Trinajstić information content (AvgIpc) is 2.82. The van der Waals surface area contributed by atoms with E-state index in [1.165, 1.54) is 12.1 Å². The fourth-order valence-corrected chi connectivity index (χ4v) is 4.24. The number of sulfonamides is 1. The van der Waals surface area contributed by atoms with E-state index in [-0.39, 0.29) is 17.4 Å². The van der Waals surface area contributed by atoms with Crippen LogP contribution < -0.4 is 25.2 Å². The van der Waals surface area contributed by atoms with Gasteiger partial charge in [0.25, 0.3) is 5.91 Å². The van der Waals surface area contributed by atoms with Gasteiger partial charge in [0, 0.05) is 16.7 Å². The second kappa shape index (κ2) is 12.2. The van der Waals surface area contributed by atoms with E-state index in [2.05, 4.69) is 26.6 Å². The highest BCUT2D eigenvalue weighted by atomic mass is 79.9. The Morgan fingerprint density at radius 1 is 1.03 bits per heavy atom. The molecule has 0 unspecified atom stereocenters. The molecule has 0 atom stereocenters. The fraction of sp³-hybridized carbons (Fsp3) is 0.240. The first-order valence-electron chi connectivity index (χ1n) is 10.8. The van der Waals surface area contributed by atoms with Gasteiger partial charge in [0.2, 0.25) is 10.0 Å². The van der Waals surface area contributed by atoms with Crippen molar-refractivity contribution in [1.82, 2.24) is 5.32 Å².